The Morgan fingerprint density at radius 2 is 1.86 bits per heavy atom. The molecule has 1 unspecified atom stereocenters. The molecule has 1 saturated carbocycles. The molecular formula is C17H24N2O3. The maximum Gasteiger partial charge on any atom is 0.279 e. The zero-order chi connectivity index (χ0) is 16.1. The summed E-state index contributed by atoms with van der Waals surface area (Å²) in [7, 11) is 0. The Hall–Kier alpha value is -2.04. The van der Waals surface area contributed by atoms with Crippen molar-refractivity contribution in [2.75, 3.05) is 0 Å². The molecular weight excluding hydrogens is 280 g/mol. The summed E-state index contributed by atoms with van der Waals surface area (Å²) in [5.74, 6) is 0.248. The molecule has 0 radical (unpaired) electrons. The molecule has 22 heavy (non-hydrogen) atoms. The topological polar surface area (TPSA) is 67.4 Å². The third-order valence-electron chi connectivity index (χ3n) is 4.26. The van der Waals surface area contributed by atoms with Gasteiger partial charge in [-0.2, -0.15) is 0 Å². The van der Waals surface area contributed by atoms with Crippen LogP contribution in [0.5, 0.6) is 5.75 Å². The third-order valence-corrected chi connectivity index (χ3v) is 4.26. The van der Waals surface area contributed by atoms with Gasteiger partial charge in [0, 0.05) is 5.92 Å². The lowest BCUT2D eigenvalue weighted by Gasteiger charge is -2.18. The molecule has 0 spiro atoms. The monoisotopic (exact) mass is 304 g/mol. The first-order valence-electron chi connectivity index (χ1n) is 7.81. The largest absolute Gasteiger partial charge is 0.481 e. The van der Waals surface area contributed by atoms with Crippen LogP contribution < -0.4 is 15.6 Å². The predicted octanol–water partition coefficient (Wildman–Crippen LogP) is 2.41. The van der Waals surface area contributed by atoms with E-state index in [1.165, 1.54) is 0 Å². The first-order chi connectivity index (χ1) is 10.5. The van der Waals surface area contributed by atoms with Crippen molar-refractivity contribution >= 4 is 11.8 Å². The number of amides is 2. The van der Waals surface area contributed by atoms with Crippen molar-refractivity contribution in [1.29, 1.82) is 0 Å². The minimum atomic E-state index is -0.677. The number of hydrazine groups is 1. The Morgan fingerprint density at radius 3 is 2.55 bits per heavy atom. The number of carbonyl (C=O) groups is 2. The van der Waals surface area contributed by atoms with Gasteiger partial charge in [0.2, 0.25) is 5.91 Å². The Morgan fingerprint density at radius 1 is 1.18 bits per heavy atom. The number of benzene rings is 1. The van der Waals surface area contributed by atoms with Crippen LogP contribution in [-0.4, -0.2) is 17.9 Å². The molecule has 2 N–H and O–H groups in total. The van der Waals surface area contributed by atoms with Crippen LogP contribution in [0, 0.1) is 19.8 Å². The van der Waals surface area contributed by atoms with Crippen molar-refractivity contribution in [2.24, 2.45) is 5.92 Å². The van der Waals surface area contributed by atoms with E-state index in [-0.39, 0.29) is 17.7 Å². The first-order valence-corrected chi connectivity index (χ1v) is 7.81. The molecule has 0 bridgehead atoms. The van der Waals surface area contributed by atoms with Gasteiger partial charge >= 0.3 is 0 Å². The highest BCUT2D eigenvalue weighted by Gasteiger charge is 2.24. The smallest absolute Gasteiger partial charge is 0.279 e. The van der Waals surface area contributed by atoms with Crippen LogP contribution in [0.3, 0.4) is 0 Å². The van der Waals surface area contributed by atoms with Gasteiger partial charge in [-0.15, -0.1) is 0 Å². The second-order valence-electron chi connectivity index (χ2n) is 5.92. The number of ether oxygens (including phenoxy) is 1. The predicted molar refractivity (Wildman–Crippen MR) is 84.2 cm³/mol. The molecule has 0 saturated heterocycles. The van der Waals surface area contributed by atoms with Crippen molar-refractivity contribution in [1.82, 2.24) is 10.9 Å². The normalized spacial score (nSPS) is 16.1. The molecule has 2 amide bonds. The summed E-state index contributed by atoms with van der Waals surface area (Å²) in [4.78, 5) is 23.9. The van der Waals surface area contributed by atoms with Gasteiger partial charge < -0.3 is 4.74 Å². The summed E-state index contributed by atoms with van der Waals surface area (Å²) < 4.78 is 5.68. The van der Waals surface area contributed by atoms with Gasteiger partial charge in [0.25, 0.3) is 5.91 Å². The number of nitrogens with one attached hydrogen (secondary N) is 2. The fraction of sp³-hybridized carbons (Fsp3) is 0.529. The maximum atomic E-state index is 12.0. The summed E-state index contributed by atoms with van der Waals surface area (Å²) in [5, 5.41) is 0. The van der Waals surface area contributed by atoms with Gasteiger partial charge in [-0.25, -0.2) is 0 Å². The molecule has 1 atom stereocenters. The van der Waals surface area contributed by atoms with E-state index in [2.05, 4.69) is 10.9 Å². The van der Waals surface area contributed by atoms with Gasteiger partial charge in [0.05, 0.1) is 0 Å². The minimum Gasteiger partial charge on any atom is -0.481 e. The van der Waals surface area contributed by atoms with Crippen LogP contribution in [0.1, 0.15) is 43.7 Å². The van der Waals surface area contributed by atoms with E-state index in [0.29, 0.717) is 5.75 Å². The van der Waals surface area contributed by atoms with E-state index in [0.717, 1.165) is 36.8 Å². The van der Waals surface area contributed by atoms with Gasteiger partial charge in [0.15, 0.2) is 6.10 Å². The fourth-order valence-electron chi connectivity index (χ4n) is 2.61. The maximum absolute atomic E-state index is 12.0. The Bertz CT molecular complexity index is 551. The Labute approximate surface area is 131 Å². The highest BCUT2D eigenvalue weighted by Crippen LogP contribution is 2.24. The number of rotatable bonds is 4. The molecule has 2 rings (SSSR count). The van der Waals surface area contributed by atoms with Gasteiger partial charge in [0.1, 0.15) is 5.75 Å². The third kappa shape index (κ3) is 4.00. The second kappa shape index (κ2) is 7.29. The Kier molecular flexibility index (Phi) is 5.41. The first kappa shape index (κ1) is 16.3. The van der Waals surface area contributed by atoms with Crippen molar-refractivity contribution < 1.29 is 14.3 Å². The van der Waals surface area contributed by atoms with E-state index in [1.807, 2.05) is 32.0 Å². The fourth-order valence-corrected chi connectivity index (χ4v) is 2.61. The van der Waals surface area contributed by atoms with Crippen LogP contribution >= 0.6 is 0 Å². The summed E-state index contributed by atoms with van der Waals surface area (Å²) in [6.45, 7) is 5.62. The van der Waals surface area contributed by atoms with Crippen molar-refractivity contribution in [2.45, 2.75) is 52.6 Å². The molecule has 1 aliphatic carbocycles. The number of hydrogen-bond acceptors (Lipinski definition) is 3. The van der Waals surface area contributed by atoms with E-state index < -0.39 is 6.10 Å². The zero-order valence-corrected chi connectivity index (χ0v) is 13.4. The summed E-state index contributed by atoms with van der Waals surface area (Å²) in [6.07, 6.45) is 3.28. The van der Waals surface area contributed by atoms with Crippen LogP contribution in [0.2, 0.25) is 0 Å². The SMILES string of the molecule is Cc1cccc(OC(C)C(=O)NNC(=O)C2CCCC2)c1C. The van der Waals surface area contributed by atoms with Crippen LogP contribution in [0.25, 0.3) is 0 Å². The molecule has 120 valence electrons. The zero-order valence-electron chi connectivity index (χ0n) is 13.4. The molecule has 1 aromatic rings. The molecule has 1 fully saturated rings. The highest BCUT2D eigenvalue weighted by molar-refractivity contribution is 5.85. The number of carbonyl (C=O) groups excluding carboxylic acids is 2. The lowest BCUT2D eigenvalue weighted by atomic mass is 10.1. The molecule has 0 heterocycles. The van der Waals surface area contributed by atoms with Crippen LogP contribution in [-0.2, 0) is 9.59 Å². The quantitative estimate of drug-likeness (QED) is 0.839. The van der Waals surface area contributed by atoms with Gasteiger partial charge in [-0.1, -0.05) is 25.0 Å². The van der Waals surface area contributed by atoms with Crippen molar-refractivity contribution in [3.8, 4) is 5.75 Å². The Balaban J connectivity index is 1.84. The molecule has 0 aromatic heterocycles. The summed E-state index contributed by atoms with van der Waals surface area (Å²) in [5.41, 5.74) is 7.07. The molecule has 1 aromatic carbocycles. The standard InChI is InChI=1S/C17H24N2O3/c1-11-7-6-10-15(12(11)2)22-13(3)16(20)18-19-17(21)14-8-4-5-9-14/h6-7,10,13-14H,4-5,8-9H2,1-3H3,(H,18,20)(H,19,21). The summed E-state index contributed by atoms with van der Waals surface area (Å²) in [6, 6.07) is 5.72. The molecule has 0 aliphatic heterocycles. The summed E-state index contributed by atoms with van der Waals surface area (Å²) >= 11 is 0. The molecule has 1 aliphatic rings. The molecule has 5 nitrogen and oxygen atoms in total. The van der Waals surface area contributed by atoms with E-state index in [1.54, 1.807) is 6.92 Å². The van der Waals surface area contributed by atoms with Crippen molar-refractivity contribution in [3.05, 3.63) is 29.3 Å². The average molecular weight is 304 g/mol. The minimum absolute atomic E-state index is 0.0236. The van der Waals surface area contributed by atoms with Gasteiger partial charge in [-0.3, -0.25) is 20.4 Å². The number of hydrogen-bond donors (Lipinski definition) is 2. The van der Waals surface area contributed by atoms with Crippen LogP contribution in [0.4, 0.5) is 0 Å². The van der Waals surface area contributed by atoms with Gasteiger partial charge in [-0.05, 0) is 50.8 Å². The highest BCUT2D eigenvalue weighted by atomic mass is 16.5. The lowest BCUT2D eigenvalue weighted by molar-refractivity contribution is -0.134. The van der Waals surface area contributed by atoms with Crippen molar-refractivity contribution in [3.63, 3.8) is 0 Å². The van der Waals surface area contributed by atoms with E-state index >= 15 is 0 Å². The lowest BCUT2D eigenvalue weighted by Crippen LogP contribution is -2.48. The van der Waals surface area contributed by atoms with E-state index in [9.17, 15) is 9.59 Å². The second-order valence-corrected chi connectivity index (χ2v) is 5.92. The van der Waals surface area contributed by atoms with E-state index in [4.69, 9.17) is 4.74 Å². The number of aryl methyl sites for hydroxylation is 1. The average Bonchev–Trinajstić information content (AvgIpc) is 3.03. The molecule has 5 heteroatoms. The van der Waals surface area contributed by atoms with Crippen LogP contribution in [0.15, 0.2) is 18.2 Å².